The molecule has 0 saturated heterocycles. The summed E-state index contributed by atoms with van der Waals surface area (Å²) in [5.41, 5.74) is 0.673. The van der Waals surface area contributed by atoms with Gasteiger partial charge in [0.25, 0.3) is 0 Å². The summed E-state index contributed by atoms with van der Waals surface area (Å²) in [6.45, 7) is 1.55. The third-order valence-electron chi connectivity index (χ3n) is 1.70. The minimum absolute atomic E-state index is 0.0242. The summed E-state index contributed by atoms with van der Waals surface area (Å²) < 4.78 is 0. The molecular weight excluding hydrogens is 184 g/mol. The molecule has 1 aromatic carbocycles. The van der Waals surface area contributed by atoms with E-state index in [9.17, 15) is 14.7 Å². The predicted octanol–water partition coefficient (Wildman–Crippen LogP) is 1.64. The van der Waals surface area contributed by atoms with E-state index in [4.69, 9.17) is 0 Å². The molecule has 0 atom stereocenters. The number of carbonyl (C=O) groups excluding carboxylic acids is 2. The molecular formula is C9H6N2O3. The maximum Gasteiger partial charge on any atom is 0.240 e. The fourth-order valence-corrected chi connectivity index (χ4v) is 1.00. The average molecular weight is 190 g/mol. The highest BCUT2D eigenvalue weighted by Gasteiger charge is 2.07. The molecule has 5 nitrogen and oxygen atoms in total. The van der Waals surface area contributed by atoms with Crippen molar-refractivity contribution in [2.45, 2.75) is 6.92 Å². The summed E-state index contributed by atoms with van der Waals surface area (Å²) in [5.74, 6) is -0.0242. The Labute approximate surface area is 79.4 Å². The van der Waals surface area contributed by atoms with Crippen molar-refractivity contribution in [3.8, 4) is 5.75 Å². The van der Waals surface area contributed by atoms with Crippen LogP contribution in [0.2, 0.25) is 0 Å². The van der Waals surface area contributed by atoms with E-state index in [2.05, 4.69) is 9.98 Å². The van der Waals surface area contributed by atoms with Crippen LogP contribution in [-0.4, -0.2) is 17.3 Å². The maximum absolute atomic E-state index is 10.1. The van der Waals surface area contributed by atoms with Crippen LogP contribution in [0.4, 0.5) is 11.4 Å². The molecule has 0 bridgehead atoms. The Balaban J connectivity index is 3.51. The van der Waals surface area contributed by atoms with Gasteiger partial charge in [-0.15, -0.1) is 0 Å². The highest BCUT2D eigenvalue weighted by molar-refractivity contribution is 5.73. The highest BCUT2D eigenvalue weighted by Crippen LogP contribution is 2.35. The second kappa shape index (κ2) is 4.14. The second-order valence-corrected chi connectivity index (χ2v) is 2.48. The van der Waals surface area contributed by atoms with E-state index in [1.807, 2.05) is 0 Å². The van der Waals surface area contributed by atoms with E-state index in [1.165, 1.54) is 24.3 Å². The lowest BCUT2D eigenvalue weighted by Crippen LogP contribution is -1.77. The fourth-order valence-electron chi connectivity index (χ4n) is 1.00. The number of nitrogens with zero attached hydrogens (tertiary/aromatic N) is 2. The molecule has 0 fully saturated rings. The van der Waals surface area contributed by atoms with E-state index in [1.54, 1.807) is 6.92 Å². The van der Waals surface area contributed by atoms with E-state index >= 15 is 0 Å². The van der Waals surface area contributed by atoms with Crippen LogP contribution in [0.1, 0.15) is 5.56 Å². The predicted molar refractivity (Wildman–Crippen MR) is 48.4 cm³/mol. The van der Waals surface area contributed by atoms with Gasteiger partial charge in [0.2, 0.25) is 12.2 Å². The van der Waals surface area contributed by atoms with Gasteiger partial charge in [0.15, 0.2) is 0 Å². The first-order chi connectivity index (χ1) is 6.70. The van der Waals surface area contributed by atoms with Gasteiger partial charge in [-0.05, 0) is 19.1 Å². The normalized spacial score (nSPS) is 8.64. The van der Waals surface area contributed by atoms with Gasteiger partial charge < -0.3 is 5.11 Å². The summed E-state index contributed by atoms with van der Waals surface area (Å²) in [7, 11) is 0. The summed E-state index contributed by atoms with van der Waals surface area (Å²) in [4.78, 5) is 26.8. The topological polar surface area (TPSA) is 79.1 Å². The molecule has 0 unspecified atom stereocenters. The lowest BCUT2D eigenvalue weighted by molar-refractivity contribution is 0.471. The molecule has 1 rings (SSSR count). The van der Waals surface area contributed by atoms with Crippen LogP contribution in [-0.2, 0) is 9.59 Å². The molecule has 0 heterocycles. The maximum atomic E-state index is 10.1. The Morgan fingerprint density at radius 1 is 1.21 bits per heavy atom. The number of hydrogen-bond donors (Lipinski definition) is 1. The summed E-state index contributed by atoms with van der Waals surface area (Å²) in [5, 5.41) is 9.29. The first kappa shape index (κ1) is 9.86. The zero-order valence-corrected chi connectivity index (χ0v) is 7.31. The van der Waals surface area contributed by atoms with Crippen LogP contribution in [0.5, 0.6) is 5.75 Å². The van der Waals surface area contributed by atoms with Crippen molar-refractivity contribution >= 4 is 23.5 Å². The Hall–Kier alpha value is -2.22. The van der Waals surface area contributed by atoms with Gasteiger partial charge in [-0.1, -0.05) is 0 Å². The highest BCUT2D eigenvalue weighted by atomic mass is 16.3. The number of phenols is 1. The first-order valence-electron chi connectivity index (χ1n) is 3.69. The minimum atomic E-state index is -0.0242. The molecule has 0 saturated carbocycles. The van der Waals surface area contributed by atoms with Gasteiger partial charge in [-0.3, -0.25) is 0 Å². The molecule has 0 spiro atoms. The van der Waals surface area contributed by atoms with Crippen molar-refractivity contribution in [1.29, 1.82) is 0 Å². The van der Waals surface area contributed by atoms with E-state index < -0.39 is 0 Å². The van der Waals surface area contributed by atoms with Crippen LogP contribution in [0.15, 0.2) is 22.1 Å². The van der Waals surface area contributed by atoms with Gasteiger partial charge in [-0.2, -0.15) is 9.98 Å². The Bertz CT molecular complexity index is 455. The van der Waals surface area contributed by atoms with Crippen molar-refractivity contribution in [2.24, 2.45) is 9.98 Å². The molecule has 5 heteroatoms. The Morgan fingerprint density at radius 3 is 2.43 bits per heavy atom. The van der Waals surface area contributed by atoms with Crippen LogP contribution in [0.3, 0.4) is 0 Å². The third-order valence-corrected chi connectivity index (χ3v) is 1.70. The zero-order chi connectivity index (χ0) is 10.6. The third kappa shape index (κ3) is 1.75. The average Bonchev–Trinajstić information content (AvgIpc) is 2.18. The number of rotatable bonds is 2. The second-order valence-electron chi connectivity index (χ2n) is 2.48. The number of aromatic hydroxyl groups is 1. The molecule has 1 N–H and O–H groups in total. The van der Waals surface area contributed by atoms with Crippen molar-refractivity contribution < 1.29 is 14.7 Å². The number of hydrogen-bond acceptors (Lipinski definition) is 5. The van der Waals surface area contributed by atoms with Crippen LogP contribution in [0, 0.1) is 6.92 Å². The molecule has 0 aromatic heterocycles. The van der Waals surface area contributed by atoms with Crippen molar-refractivity contribution in [3.63, 3.8) is 0 Å². The molecule has 14 heavy (non-hydrogen) atoms. The lowest BCUT2D eigenvalue weighted by Gasteiger charge is -2.02. The van der Waals surface area contributed by atoms with Gasteiger partial charge in [0.05, 0.1) is 0 Å². The largest absolute Gasteiger partial charge is 0.508 e. The smallest absolute Gasteiger partial charge is 0.240 e. The minimum Gasteiger partial charge on any atom is -0.508 e. The van der Waals surface area contributed by atoms with Gasteiger partial charge in [0.1, 0.15) is 17.1 Å². The van der Waals surface area contributed by atoms with Crippen LogP contribution >= 0.6 is 0 Å². The lowest BCUT2D eigenvalue weighted by atomic mass is 10.1. The summed E-state index contributed by atoms with van der Waals surface area (Å²) >= 11 is 0. The molecule has 0 amide bonds. The van der Waals surface area contributed by atoms with E-state index in [0.29, 0.717) is 5.56 Å². The van der Waals surface area contributed by atoms with E-state index in [0.717, 1.165) is 0 Å². The summed E-state index contributed by atoms with van der Waals surface area (Å²) in [6, 6.07) is 2.72. The SMILES string of the molecule is Cc1c(O)ccc(N=C=O)c1N=C=O. The van der Waals surface area contributed by atoms with Crippen molar-refractivity contribution in [1.82, 2.24) is 0 Å². The van der Waals surface area contributed by atoms with Gasteiger partial charge in [0, 0.05) is 5.56 Å². The van der Waals surface area contributed by atoms with Crippen LogP contribution < -0.4 is 0 Å². The number of benzene rings is 1. The zero-order valence-electron chi connectivity index (χ0n) is 7.31. The first-order valence-corrected chi connectivity index (χ1v) is 3.69. The van der Waals surface area contributed by atoms with Crippen molar-refractivity contribution in [3.05, 3.63) is 17.7 Å². The number of phenolic OH excluding ortho intramolecular Hbond substituents is 1. The molecule has 0 aliphatic carbocycles. The summed E-state index contributed by atoms with van der Waals surface area (Å²) in [6.07, 6.45) is 2.66. The Kier molecular flexibility index (Phi) is 2.92. The fraction of sp³-hybridized carbons (Fsp3) is 0.111. The number of aliphatic imine (C=N–C) groups is 2. The monoisotopic (exact) mass is 190 g/mol. The van der Waals surface area contributed by atoms with Crippen molar-refractivity contribution in [2.75, 3.05) is 0 Å². The quantitative estimate of drug-likeness (QED) is 0.568. The standard InChI is InChI=1S/C9H6N2O3/c1-6-8(14)3-2-7(10-4-12)9(6)11-5-13/h2-3,14H,1H3. The van der Waals surface area contributed by atoms with Gasteiger partial charge in [-0.25, -0.2) is 9.59 Å². The Morgan fingerprint density at radius 2 is 1.86 bits per heavy atom. The molecule has 0 aliphatic heterocycles. The van der Waals surface area contributed by atoms with Gasteiger partial charge >= 0.3 is 0 Å². The molecule has 0 aliphatic rings. The molecule has 70 valence electrons. The molecule has 0 radical (unpaired) electrons. The van der Waals surface area contributed by atoms with Crippen LogP contribution in [0.25, 0.3) is 0 Å². The molecule has 1 aromatic rings. The van der Waals surface area contributed by atoms with E-state index in [-0.39, 0.29) is 17.1 Å². The number of isocyanates is 2.